The first kappa shape index (κ1) is 12.9. The maximum Gasteiger partial charge on any atom is 0.135 e. The van der Waals surface area contributed by atoms with Crippen LogP contribution in [0.1, 0.15) is 49.8 Å². The predicted octanol–water partition coefficient (Wildman–Crippen LogP) is 2.10. The Bertz CT molecular complexity index is 455. The lowest BCUT2D eigenvalue weighted by Gasteiger charge is -2.31. The van der Waals surface area contributed by atoms with E-state index in [0.29, 0.717) is 6.54 Å². The first-order valence-corrected chi connectivity index (χ1v) is 7.44. The molecule has 0 saturated heterocycles. The van der Waals surface area contributed by atoms with Crippen molar-refractivity contribution in [3.63, 3.8) is 0 Å². The molecule has 104 valence electrons. The van der Waals surface area contributed by atoms with E-state index in [2.05, 4.69) is 14.9 Å². The summed E-state index contributed by atoms with van der Waals surface area (Å²) in [7, 11) is 2.05. The molecule has 0 aliphatic heterocycles. The van der Waals surface area contributed by atoms with E-state index in [4.69, 9.17) is 0 Å². The summed E-state index contributed by atoms with van der Waals surface area (Å²) in [5.74, 6) is 1.03. The second-order valence-electron chi connectivity index (χ2n) is 6.12. The van der Waals surface area contributed by atoms with Gasteiger partial charge in [-0.3, -0.25) is 0 Å². The van der Waals surface area contributed by atoms with Gasteiger partial charge >= 0.3 is 0 Å². The van der Waals surface area contributed by atoms with E-state index in [1.165, 1.54) is 24.1 Å². The number of anilines is 1. The monoisotopic (exact) mass is 261 g/mol. The minimum Gasteiger partial charge on any atom is -0.388 e. The fourth-order valence-corrected chi connectivity index (χ4v) is 3.54. The van der Waals surface area contributed by atoms with Crippen LogP contribution < -0.4 is 4.90 Å². The number of hydrogen-bond donors (Lipinski definition) is 1. The molecule has 1 saturated carbocycles. The van der Waals surface area contributed by atoms with Gasteiger partial charge in [0.2, 0.25) is 0 Å². The minimum atomic E-state index is -0.513. The predicted molar refractivity (Wildman–Crippen MR) is 75.4 cm³/mol. The lowest BCUT2D eigenvalue weighted by atomic mass is 9.95. The number of rotatable bonds is 3. The Morgan fingerprint density at radius 1 is 1.16 bits per heavy atom. The number of nitrogens with zero attached hydrogens (tertiary/aromatic N) is 3. The zero-order valence-corrected chi connectivity index (χ0v) is 11.7. The van der Waals surface area contributed by atoms with Crippen LogP contribution in [0.25, 0.3) is 0 Å². The molecule has 1 N–H and O–H groups in total. The summed E-state index contributed by atoms with van der Waals surface area (Å²) in [5.41, 5.74) is 2.00. The van der Waals surface area contributed by atoms with E-state index < -0.39 is 5.60 Å². The van der Waals surface area contributed by atoms with Crippen LogP contribution in [0.15, 0.2) is 6.33 Å². The molecule has 1 aromatic heterocycles. The number of fused-ring (bicyclic) bond motifs is 1. The number of aryl methyl sites for hydroxylation is 1. The Labute approximate surface area is 114 Å². The third-order valence-electron chi connectivity index (χ3n) is 4.53. The van der Waals surface area contributed by atoms with Crippen molar-refractivity contribution in [3.05, 3.63) is 17.6 Å². The van der Waals surface area contributed by atoms with Gasteiger partial charge in [0, 0.05) is 24.8 Å². The second kappa shape index (κ2) is 5.08. The third kappa shape index (κ3) is 2.59. The third-order valence-corrected chi connectivity index (χ3v) is 4.53. The van der Waals surface area contributed by atoms with E-state index in [-0.39, 0.29) is 0 Å². The number of likely N-dealkylation sites (N-methyl/N-ethyl adjacent to an activating group) is 1. The average Bonchev–Trinajstić information content (AvgIpc) is 2.84. The maximum absolute atomic E-state index is 10.5. The van der Waals surface area contributed by atoms with Crippen LogP contribution in [-0.2, 0) is 12.8 Å². The zero-order valence-electron chi connectivity index (χ0n) is 11.7. The molecule has 4 nitrogen and oxygen atoms in total. The highest BCUT2D eigenvalue weighted by Gasteiger charge is 2.33. The van der Waals surface area contributed by atoms with Crippen LogP contribution in [0.4, 0.5) is 5.82 Å². The number of aliphatic hydroxyl groups is 1. The summed E-state index contributed by atoms with van der Waals surface area (Å²) in [5, 5.41) is 10.5. The number of hydrogen-bond acceptors (Lipinski definition) is 4. The average molecular weight is 261 g/mol. The molecule has 2 aliphatic carbocycles. The van der Waals surface area contributed by atoms with Gasteiger partial charge in [-0.25, -0.2) is 9.97 Å². The highest BCUT2D eigenvalue weighted by Crippen LogP contribution is 2.32. The summed E-state index contributed by atoms with van der Waals surface area (Å²) >= 11 is 0. The van der Waals surface area contributed by atoms with Crippen molar-refractivity contribution < 1.29 is 5.11 Å². The topological polar surface area (TPSA) is 49.2 Å². The van der Waals surface area contributed by atoms with Crippen molar-refractivity contribution in [1.82, 2.24) is 9.97 Å². The molecule has 4 heteroatoms. The highest BCUT2D eigenvalue weighted by atomic mass is 16.3. The van der Waals surface area contributed by atoms with Gasteiger partial charge in [0.1, 0.15) is 12.1 Å². The van der Waals surface area contributed by atoms with E-state index in [1.54, 1.807) is 6.33 Å². The summed E-state index contributed by atoms with van der Waals surface area (Å²) in [6, 6.07) is 0. The summed E-state index contributed by atoms with van der Waals surface area (Å²) in [6.45, 7) is 0.691. The molecule has 0 atom stereocenters. The highest BCUT2D eigenvalue weighted by molar-refractivity contribution is 5.49. The summed E-state index contributed by atoms with van der Waals surface area (Å²) in [6.07, 6.45) is 10.4. The molecule has 1 aromatic rings. The Morgan fingerprint density at radius 3 is 2.68 bits per heavy atom. The lowest BCUT2D eigenvalue weighted by molar-refractivity contribution is 0.0557. The van der Waals surface area contributed by atoms with Crippen LogP contribution >= 0.6 is 0 Å². The molecule has 19 heavy (non-hydrogen) atoms. The molecule has 1 fully saturated rings. The fraction of sp³-hybridized carbons (Fsp3) is 0.733. The van der Waals surface area contributed by atoms with Gasteiger partial charge < -0.3 is 10.0 Å². The second-order valence-corrected chi connectivity index (χ2v) is 6.12. The summed E-state index contributed by atoms with van der Waals surface area (Å²) in [4.78, 5) is 11.0. The molecule has 1 heterocycles. The smallest absolute Gasteiger partial charge is 0.135 e. The van der Waals surface area contributed by atoms with Gasteiger partial charge in [-0.15, -0.1) is 0 Å². The van der Waals surface area contributed by atoms with Gasteiger partial charge in [-0.2, -0.15) is 0 Å². The molecule has 0 aromatic carbocycles. The van der Waals surface area contributed by atoms with Crippen molar-refractivity contribution >= 4 is 5.82 Å². The molecule has 0 radical (unpaired) electrons. The van der Waals surface area contributed by atoms with Crippen molar-refractivity contribution in [3.8, 4) is 0 Å². The Hall–Kier alpha value is -1.16. The van der Waals surface area contributed by atoms with Crippen molar-refractivity contribution in [2.24, 2.45) is 0 Å². The molecular weight excluding hydrogens is 238 g/mol. The van der Waals surface area contributed by atoms with Crippen LogP contribution in [0.2, 0.25) is 0 Å². The van der Waals surface area contributed by atoms with Crippen molar-refractivity contribution in [2.75, 3.05) is 18.5 Å². The van der Waals surface area contributed by atoms with E-state index in [0.717, 1.165) is 44.3 Å². The Kier molecular flexibility index (Phi) is 3.44. The van der Waals surface area contributed by atoms with Gasteiger partial charge in [-0.05, 0) is 38.5 Å². The SMILES string of the molecule is CN(CC1(O)CCCC1)c1ncnc2c1CCCC2. The van der Waals surface area contributed by atoms with Gasteiger partial charge in [0.05, 0.1) is 5.60 Å². The Morgan fingerprint density at radius 2 is 1.89 bits per heavy atom. The number of aromatic nitrogens is 2. The van der Waals surface area contributed by atoms with Gasteiger partial charge in [0.15, 0.2) is 0 Å². The fourth-order valence-electron chi connectivity index (χ4n) is 3.54. The van der Waals surface area contributed by atoms with Crippen molar-refractivity contribution in [1.29, 1.82) is 0 Å². The first-order chi connectivity index (χ1) is 9.18. The molecule has 0 bridgehead atoms. The minimum absolute atomic E-state index is 0.513. The van der Waals surface area contributed by atoms with Gasteiger partial charge in [0.25, 0.3) is 0 Å². The molecule has 0 spiro atoms. The van der Waals surface area contributed by atoms with Gasteiger partial charge in [-0.1, -0.05) is 12.8 Å². The quantitative estimate of drug-likeness (QED) is 0.905. The molecule has 0 unspecified atom stereocenters. The van der Waals surface area contributed by atoms with Crippen LogP contribution in [0.5, 0.6) is 0 Å². The lowest BCUT2D eigenvalue weighted by Crippen LogP contribution is -2.40. The van der Waals surface area contributed by atoms with E-state index >= 15 is 0 Å². The largest absolute Gasteiger partial charge is 0.388 e. The molecule has 2 aliphatic rings. The first-order valence-electron chi connectivity index (χ1n) is 7.44. The zero-order chi connectivity index (χ0) is 13.3. The van der Waals surface area contributed by atoms with Crippen LogP contribution in [0.3, 0.4) is 0 Å². The van der Waals surface area contributed by atoms with E-state index in [1.807, 2.05) is 7.05 Å². The standard InChI is InChI=1S/C15H23N3O/c1-18(10-15(19)8-4-5-9-15)14-12-6-2-3-7-13(12)16-11-17-14/h11,19H,2-10H2,1H3. The van der Waals surface area contributed by atoms with Crippen LogP contribution in [-0.4, -0.2) is 34.3 Å². The summed E-state index contributed by atoms with van der Waals surface area (Å²) < 4.78 is 0. The van der Waals surface area contributed by atoms with Crippen LogP contribution in [0, 0.1) is 0 Å². The van der Waals surface area contributed by atoms with E-state index in [9.17, 15) is 5.11 Å². The Balaban J connectivity index is 1.81. The molecular formula is C15H23N3O. The molecule has 3 rings (SSSR count). The molecule has 0 amide bonds. The van der Waals surface area contributed by atoms with Crippen molar-refractivity contribution in [2.45, 2.75) is 57.0 Å². The maximum atomic E-state index is 10.5. The normalized spacial score (nSPS) is 21.2.